The number of nitrogens with zero attached hydrogens (tertiary/aromatic N) is 2. The Bertz CT molecular complexity index is 253. The summed E-state index contributed by atoms with van der Waals surface area (Å²) in [6.07, 6.45) is 1.45. The summed E-state index contributed by atoms with van der Waals surface area (Å²) >= 11 is 1.09. The van der Waals surface area contributed by atoms with Crippen LogP contribution >= 0.6 is 11.5 Å². The van der Waals surface area contributed by atoms with Crippen molar-refractivity contribution in [2.75, 3.05) is 0 Å². The van der Waals surface area contributed by atoms with E-state index in [1.807, 2.05) is 0 Å². The fraction of sp³-hybridized carbons (Fsp3) is 0.167. The van der Waals surface area contributed by atoms with Gasteiger partial charge in [-0.1, -0.05) is 11.1 Å². The van der Waals surface area contributed by atoms with E-state index in [-0.39, 0.29) is 5.78 Å². The van der Waals surface area contributed by atoms with Gasteiger partial charge in [0.05, 0.1) is 6.20 Å². The Morgan fingerprint density at radius 2 is 2.50 bits per heavy atom. The zero-order chi connectivity index (χ0) is 7.56. The molecule has 3 nitrogen and oxygen atoms in total. The molecule has 0 fully saturated rings. The van der Waals surface area contributed by atoms with Crippen LogP contribution in [0.1, 0.15) is 16.6 Å². The van der Waals surface area contributed by atoms with Crippen LogP contribution in [0.25, 0.3) is 0 Å². The summed E-state index contributed by atoms with van der Waals surface area (Å²) in [5, 5.41) is 3.53. The molecule has 1 aromatic heterocycles. The van der Waals surface area contributed by atoms with Gasteiger partial charge in [-0.3, -0.25) is 4.79 Å². The molecule has 1 heterocycles. The lowest BCUT2D eigenvalue weighted by Gasteiger charge is -1.89. The minimum absolute atomic E-state index is 0.0741. The second-order valence-corrected chi connectivity index (χ2v) is 2.68. The third-order valence-corrected chi connectivity index (χ3v) is 1.64. The van der Waals surface area contributed by atoms with E-state index in [9.17, 15) is 4.79 Å². The van der Waals surface area contributed by atoms with Gasteiger partial charge in [-0.2, -0.15) is 0 Å². The Kier molecular flexibility index (Phi) is 1.91. The van der Waals surface area contributed by atoms with Crippen LogP contribution in [0.3, 0.4) is 0 Å². The number of Topliss-reactive ketones (excluding diaryl/α,β-unsaturated/α-hetero) is 1. The lowest BCUT2D eigenvalue weighted by atomic mass is 10.2. The Labute approximate surface area is 62.6 Å². The second-order valence-electron chi connectivity index (χ2n) is 1.89. The van der Waals surface area contributed by atoms with Crippen molar-refractivity contribution < 1.29 is 4.79 Å². The number of rotatable bonds is 2. The highest BCUT2D eigenvalue weighted by Gasteiger charge is 2.07. The van der Waals surface area contributed by atoms with E-state index >= 15 is 0 Å². The standard InChI is InChI=1S/C6H6N2OS/c1-4(2)6(9)5-3-7-8-10-5/h3H,1H2,2H3. The smallest absolute Gasteiger partial charge is 0.201 e. The zero-order valence-electron chi connectivity index (χ0n) is 5.50. The fourth-order valence-corrected chi connectivity index (χ4v) is 1.01. The van der Waals surface area contributed by atoms with Crippen LogP contribution in [-0.4, -0.2) is 15.4 Å². The number of aromatic nitrogens is 2. The molecule has 0 saturated carbocycles. The first kappa shape index (κ1) is 7.08. The molecular weight excluding hydrogens is 148 g/mol. The molecule has 0 radical (unpaired) electrons. The molecule has 0 amide bonds. The number of carbonyl (C=O) groups is 1. The van der Waals surface area contributed by atoms with Crippen molar-refractivity contribution in [2.24, 2.45) is 0 Å². The summed E-state index contributed by atoms with van der Waals surface area (Å²) in [7, 11) is 0. The Morgan fingerprint density at radius 1 is 1.80 bits per heavy atom. The Balaban J connectivity index is 2.88. The fourth-order valence-electron chi connectivity index (χ4n) is 0.478. The van der Waals surface area contributed by atoms with Crippen LogP contribution in [0, 0.1) is 0 Å². The minimum Gasteiger partial charge on any atom is -0.288 e. The Hall–Kier alpha value is -1.03. The number of hydrogen-bond acceptors (Lipinski definition) is 4. The number of ketones is 1. The number of carbonyl (C=O) groups excluding carboxylic acids is 1. The summed E-state index contributed by atoms with van der Waals surface area (Å²) in [5.74, 6) is -0.0741. The minimum atomic E-state index is -0.0741. The molecule has 0 aliphatic carbocycles. The van der Waals surface area contributed by atoms with Gasteiger partial charge in [0.2, 0.25) is 5.78 Å². The molecule has 1 rings (SSSR count). The molecule has 0 unspecified atom stereocenters. The molecule has 4 heteroatoms. The number of hydrogen-bond donors (Lipinski definition) is 0. The van der Waals surface area contributed by atoms with Gasteiger partial charge in [-0.15, -0.1) is 5.10 Å². The van der Waals surface area contributed by atoms with E-state index in [4.69, 9.17) is 0 Å². The quantitative estimate of drug-likeness (QED) is 0.476. The maximum absolute atomic E-state index is 11.0. The van der Waals surface area contributed by atoms with Gasteiger partial charge in [-0.05, 0) is 24.0 Å². The first-order valence-corrected chi connectivity index (χ1v) is 3.46. The average molecular weight is 154 g/mol. The first-order valence-electron chi connectivity index (χ1n) is 2.69. The maximum Gasteiger partial charge on any atom is 0.201 e. The maximum atomic E-state index is 11.0. The van der Waals surface area contributed by atoms with Crippen LogP contribution in [0.5, 0.6) is 0 Å². The van der Waals surface area contributed by atoms with E-state index in [2.05, 4.69) is 16.2 Å². The van der Waals surface area contributed by atoms with Gasteiger partial charge in [0.25, 0.3) is 0 Å². The summed E-state index contributed by atoms with van der Waals surface area (Å²) in [4.78, 5) is 11.6. The van der Waals surface area contributed by atoms with Crippen molar-refractivity contribution in [1.82, 2.24) is 9.59 Å². The summed E-state index contributed by atoms with van der Waals surface area (Å²) in [6.45, 7) is 5.18. The zero-order valence-corrected chi connectivity index (χ0v) is 6.31. The molecule has 0 spiro atoms. The molecule has 0 bridgehead atoms. The second kappa shape index (κ2) is 2.70. The van der Waals surface area contributed by atoms with Crippen LogP contribution in [-0.2, 0) is 0 Å². The van der Waals surface area contributed by atoms with E-state index in [0.717, 1.165) is 11.5 Å². The van der Waals surface area contributed by atoms with Crippen molar-refractivity contribution in [3.8, 4) is 0 Å². The molecule has 1 aromatic rings. The summed E-state index contributed by atoms with van der Waals surface area (Å²) < 4.78 is 3.56. The van der Waals surface area contributed by atoms with Crippen LogP contribution < -0.4 is 0 Å². The molecule has 52 valence electrons. The third-order valence-electron chi connectivity index (χ3n) is 0.973. The molecule has 0 aromatic carbocycles. The van der Waals surface area contributed by atoms with Gasteiger partial charge in [0.15, 0.2) is 0 Å². The molecule has 0 N–H and O–H groups in total. The number of allylic oxidation sites excluding steroid dienone is 1. The van der Waals surface area contributed by atoms with Crippen LogP contribution in [0.15, 0.2) is 18.3 Å². The Morgan fingerprint density at radius 3 is 2.90 bits per heavy atom. The average Bonchev–Trinajstić information content (AvgIpc) is 2.36. The highest BCUT2D eigenvalue weighted by Crippen LogP contribution is 2.07. The molecular formula is C6H6N2OS. The lowest BCUT2D eigenvalue weighted by Crippen LogP contribution is -1.94. The van der Waals surface area contributed by atoms with Crippen LogP contribution in [0.2, 0.25) is 0 Å². The molecule has 0 saturated heterocycles. The van der Waals surface area contributed by atoms with Gasteiger partial charge < -0.3 is 0 Å². The summed E-state index contributed by atoms with van der Waals surface area (Å²) in [5.41, 5.74) is 0.519. The lowest BCUT2D eigenvalue weighted by molar-refractivity contribution is 0.103. The van der Waals surface area contributed by atoms with E-state index in [1.54, 1.807) is 6.92 Å². The highest BCUT2D eigenvalue weighted by molar-refractivity contribution is 7.08. The molecule has 10 heavy (non-hydrogen) atoms. The molecule has 0 atom stereocenters. The van der Waals surface area contributed by atoms with E-state index in [1.165, 1.54) is 6.20 Å². The van der Waals surface area contributed by atoms with Crippen LogP contribution in [0.4, 0.5) is 0 Å². The van der Waals surface area contributed by atoms with Crippen molar-refractivity contribution >= 4 is 17.3 Å². The van der Waals surface area contributed by atoms with Gasteiger partial charge in [-0.25, -0.2) is 0 Å². The van der Waals surface area contributed by atoms with Gasteiger partial charge in [0, 0.05) is 0 Å². The first-order chi connectivity index (χ1) is 4.72. The predicted octanol–water partition coefficient (Wildman–Crippen LogP) is 1.30. The van der Waals surface area contributed by atoms with Crippen molar-refractivity contribution in [1.29, 1.82) is 0 Å². The largest absolute Gasteiger partial charge is 0.288 e. The topological polar surface area (TPSA) is 42.9 Å². The third kappa shape index (κ3) is 1.27. The van der Waals surface area contributed by atoms with Crippen molar-refractivity contribution in [3.05, 3.63) is 23.2 Å². The molecule has 0 aliphatic rings. The monoisotopic (exact) mass is 154 g/mol. The summed E-state index contributed by atoms with van der Waals surface area (Å²) in [6, 6.07) is 0. The van der Waals surface area contributed by atoms with Crippen molar-refractivity contribution in [2.45, 2.75) is 6.92 Å². The van der Waals surface area contributed by atoms with E-state index in [0.29, 0.717) is 10.5 Å². The van der Waals surface area contributed by atoms with Gasteiger partial charge >= 0.3 is 0 Å². The van der Waals surface area contributed by atoms with E-state index < -0.39 is 0 Å². The SMILES string of the molecule is C=C(C)C(=O)c1cnns1. The predicted molar refractivity (Wildman–Crippen MR) is 39.1 cm³/mol. The normalized spacial score (nSPS) is 9.30. The molecule has 0 aliphatic heterocycles. The highest BCUT2D eigenvalue weighted by atomic mass is 32.1. The van der Waals surface area contributed by atoms with Crippen molar-refractivity contribution in [3.63, 3.8) is 0 Å². The van der Waals surface area contributed by atoms with Gasteiger partial charge in [0.1, 0.15) is 4.88 Å².